The number of hydrogen-bond donors (Lipinski definition) is 2. The zero-order chi connectivity index (χ0) is 14.7. The van der Waals surface area contributed by atoms with Crippen LogP contribution in [0.1, 0.15) is 11.4 Å². The first-order valence-corrected chi connectivity index (χ1v) is 7.04. The van der Waals surface area contributed by atoms with Gasteiger partial charge in [-0.2, -0.15) is 5.10 Å². The summed E-state index contributed by atoms with van der Waals surface area (Å²) in [7, 11) is 0. The molecule has 3 rings (SSSR count). The first-order valence-electron chi connectivity index (χ1n) is 6.66. The Bertz CT molecular complexity index is 740. The number of nitrogens with zero attached hydrogens (tertiary/aromatic N) is 2. The van der Waals surface area contributed by atoms with Gasteiger partial charge in [-0.3, -0.25) is 5.10 Å². The van der Waals surface area contributed by atoms with E-state index in [-0.39, 0.29) is 5.75 Å². The van der Waals surface area contributed by atoms with Crippen molar-refractivity contribution in [1.82, 2.24) is 15.2 Å². The molecule has 5 heteroatoms. The average Bonchev–Trinajstić information content (AvgIpc) is 2.98. The van der Waals surface area contributed by atoms with Crippen LogP contribution in [-0.2, 0) is 12.8 Å². The van der Waals surface area contributed by atoms with Crippen LogP contribution in [0.3, 0.4) is 0 Å². The molecule has 106 valence electrons. The van der Waals surface area contributed by atoms with Gasteiger partial charge in [0.2, 0.25) is 0 Å². The Morgan fingerprint density at radius 2 is 1.86 bits per heavy atom. The first kappa shape index (κ1) is 13.6. The van der Waals surface area contributed by atoms with Crippen LogP contribution in [0.15, 0.2) is 48.5 Å². The molecular weight excluding hydrogens is 286 g/mol. The third-order valence-electron chi connectivity index (χ3n) is 3.23. The number of phenols is 1. The molecule has 4 nitrogen and oxygen atoms in total. The summed E-state index contributed by atoms with van der Waals surface area (Å²) in [6.07, 6.45) is 1.70. The molecule has 1 aromatic heterocycles. The van der Waals surface area contributed by atoms with Gasteiger partial charge in [0.15, 0.2) is 5.82 Å². The molecule has 2 N–H and O–H groups in total. The van der Waals surface area contributed by atoms with E-state index in [1.54, 1.807) is 12.1 Å². The molecule has 0 atom stereocenters. The second-order valence-electron chi connectivity index (χ2n) is 4.76. The van der Waals surface area contributed by atoms with E-state index in [4.69, 9.17) is 11.6 Å². The zero-order valence-corrected chi connectivity index (χ0v) is 12.0. The van der Waals surface area contributed by atoms with E-state index < -0.39 is 0 Å². The molecule has 21 heavy (non-hydrogen) atoms. The Labute approximate surface area is 127 Å². The van der Waals surface area contributed by atoms with E-state index in [2.05, 4.69) is 27.3 Å². The van der Waals surface area contributed by atoms with E-state index in [9.17, 15) is 5.11 Å². The number of aromatic nitrogens is 3. The fourth-order valence-electron chi connectivity index (χ4n) is 2.09. The molecule has 0 radical (unpaired) electrons. The fraction of sp³-hybridized carbons (Fsp3) is 0.125. The predicted octanol–water partition coefficient (Wildman–Crippen LogP) is 3.62. The zero-order valence-electron chi connectivity index (χ0n) is 11.3. The predicted molar refractivity (Wildman–Crippen MR) is 82.3 cm³/mol. The summed E-state index contributed by atoms with van der Waals surface area (Å²) in [5.74, 6) is 1.47. The van der Waals surface area contributed by atoms with Crippen LogP contribution in [0.5, 0.6) is 5.75 Å². The summed E-state index contributed by atoms with van der Waals surface area (Å²) in [6.45, 7) is 0. The maximum Gasteiger partial charge on any atom is 0.181 e. The van der Waals surface area contributed by atoms with Gasteiger partial charge in [-0.05, 0) is 30.2 Å². The summed E-state index contributed by atoms with van der Waals surface area (Å²) < 4.78 is 0. The van der Waals surface area contributed by atoms with E-state index >= 15 is 0 Å². The quantitative estimate of drug-likeness (QED) is 0.773. The molecule has 0 saturated carbocycles. The highest BCUT2D eigenvalue weighted by Crippen LogP contribution is 2.27. The third kappa shape index (κ3) is 3.23. The van der Waals surface area contributed by atoms with Gasteiger partial charge >= 0.3 is 0 Å². The standard InChI is InChI=1S/C16H14ClN3O/c17-13-10-12(7-8-14(13)21)16-18-15(19-20-16)9-6-11-4-2-1-3-5-11/h1-5,7-8,10,21H,6,9H2,(H,18,19,20). The van der Waals surface area contributed by atoms with E-state index in [0.717, 1.165) is 24.2 Å². The second kappa shape index (κ2) is 5.97. The lowest BCUT2D eigenvalue weighted by molar-refractivity contribution is 0.475. The summed E-state index contributed by atoms with van der Waals surface area (Å²) >= 11 is 5.90. The van der Waals surface area contributed by atoms with Crippen LogP contribution >= 0.6 is 11.6 Å². The summed E-state index contributed by atoms with van der Waals surface area (Å²) in [5.41, 5.74) is 2.04. The molecule has 0 bridgehead atoms. The monoisotopic (exact) mass is 299 g/mol. The lowest BCUT2D eigenvalue weighted by atomic mass is 10.1. The molecule has 0 spiro atoms. The van der Waals surface area contributed by atoms with Gasteiger partial charge in [0.05, 0.1) is 5.02 Å². The minimum absolute atomic E-state index is 0.0558. The van der Waals surface area contributed by atoms with Crippen molar-refractivity contribution in [3.63, 3.8) is 0 Å². The van der Waals surface area contributed by atoms with Gasteiger partial charge in [0, 0.05) is 12.0 Å². The molecular formula is C16H14ClN3O. The van der Waals surface area contributed by atoms with Crippen molar-refractivity contribution < 1.29 is 5.11 Å². The highest BCUT2D eigenvalue weighted by molar-refractivity contribution is 6.32. The Morgan fingerprint density at radius 3 is 2.62 bits per heavy atom. The molecule has 0 aliphatic heterocycles. The largest absolute Gasteiger partial charge is 0.506 e. The number of aromatic amines is 1. The van der Waals surface area contributed by atoms with Gasteiger partial charge in [0.25, 0.3) is 0 Å². The summed E-state index contributed by atoms with van der Waals surface area (Å²) in [6, 6.07) is 15.2. The number of phenolic OH excluding ortho intramolecular Hbond substituents is 1. The van der Waals surface area contributed by atoms with E-state index in [1.165, 1.54) is 11.6 Å². The average molecular weight is 300 g/mol. The van der Waals surface area contributed by atoms with E-state index in [1.807, 2.05) is 18.2 Å². The number of nitrogens with one attached hydrogen (secondary N) is 1. The number of hydrogen-bond acceptors (Lipinski definition) is 3. The first-order chi connectivity index (χ1) is 10.2. The summed E-state index contributed by atoms with van der Waals surface area (Å²) in [4.78, 5) is 4.46. The maximum atomic E-state index is 9.43. The molecule has 0 aliphatic rings. The minimum Gasteiger partial charge on any atom is -0.506 e. The number of rotatable bonds is 4. The van der Waals surface area contributed by atoms with Crippen LogP contribution in [0.25, 0.3) is 11.4 Å². The van der Waals surface area contributed by atoms with Crippen LogP contribution in [-0.4, -0.2) is 20.3 Å². The smallest absolute Gasteiger partial charge is 0.181 e. The van der Waals surface area contributed by atoms with Crippen molar-refractivity contribution in [2.75, 3.05) is 0 Å². The normalized spacial score (nSPS) is 10.7. The van der Waals surface area contributed by atoms with Crippen LogP contribution in [0, 0.1) is 0 Å². The topological polar surface area (TPSA) is 61.8 Å². The second-order valence-corrected chi connectivity index (χ2v) is 5.16. The lowest BCUT2D eigenvalue weighted by Crippen LogP contribution is -1.93. The van der Waals surface area contributed by atoms with Crippen molar-refractivity contribution in [1.29, 1.82) is 0 Å². The molecule has 0 fully saturated rings. The van der Waals surface area contributed by atoms with Crippen molar-refractivity contribution in [2.45, 2.75) is 12.8 Å². The molecule has 0 saturated heterocycles. The van der Waals surface area contributed by atoms with Gasteiger partial charge in [-0.1, -0.05) is 41.9 Å². The Morgan fingerprint density at radius 1 is 1.05 bits per heavy atom. The Hall–Kier alpha value is -2.33. The van der Waals surface area contributed by atoms with Crippen molar-refractivity contribution in [3.8, 4) is 17.1 Å². The van der Waals surface area contributed by atoms with Gasteiger partial charge < -0.3 is 5.11 Å². The molecule has 0 aliphatic carbocycles. The molecule has 3 aromatic rings. The summed E-state index contributed by atoms with van der Waals surface area (Å²) in [5, 5.41) is 16.9. The third-order valence-corrected chi connectivity index (χ3v) is 3.53. The number of H-pyrrole nitrogens is 1. The molecule has 2 aromatic carbocycles. The number of aromatic hydroxyl groups is 1. The molecule has 1 heterocycles. The SMILES string of the molecule is Oc1ccc(-c2n[nH]c(CCc3ccccc3)n2)cc1Cl. The molecule has 0 amide bonds. The van der Waals surface area contributed by atoms with Gasteiger partial charge in [0.1, 0.15) is 11.6 Å². The fourth-order valence-corrected chi connectivity index (χ4v) is 2.27. The van der Waals surface area contributed by atoms with Crippen LogP contribution < -0.4 is 0 Å². The molecule has 0 unspecified atom stereocenters. The number of aryl methyl sites for hydroxylation is 2. The number of benzene rings is 2. The Kier molecular flexibility index (Phi) is 3.88. The van der Waals surface area contributed by atoms with Crippen molar-refractivity contribution >= 4 is 11.6 Å². The van der Waals surface area contributed by atoms with Crippen molar-refractivity contribution in [3.05, 3.63) is 64.9 Å². The maximum absolute atomic E-state index is 9.43. The van der Waals surface area contributed by atoms with Gasteiger partial charge in [-0.25, -0.2) is 4.98 Å². The van der Waals surface area contributed by atoms with Crippen molar-refractivity contribution in [2.24, 2.45) is 0 Å². The number of halogens is 1. The van der Waals surface area contributed by atoms with Gasteiger partial charge in [-0.15, -0.1) is 0 Å². The van der Waals surface area contributed by atoms with E-state index in [0.29, 0.717) is 10.8 Å². The van der Waals surface area contributed by atoms with Crippen LogP contribution in [0.4, 0.5) is 0 Å². The van der Waals surface area contributed by atoms with Crippen LogP contribution in [0.2, 0.25) is 5.02 Å². The minimum atomic E-state index is 0.0558. The Balaban J connectivity index is 1.72. The lowest BCUT2D eigenvalue weighted by Gasteiger charge is -1.99. The highest BCUT2D eigenvalue weighted by atomic mass is 35.5. The highest BCUT2D eigenvalue weighted by Gasteiger charge is 2.08.